The second kappa shape index (κ2) is 11.9. The van der Waals surface area contributed by atoms with Gasteiger partial charge in [0.15, 0.2) is 5.82 Å². The first-order valence-corrected chi connectivity index (χ1v) is 17.1. The van der Waals surface area contributed by atoms with Crippen LogP contribution in [-0.4, -0.2) is 72.8 Å². The lowest BCUT2D eigenvalue weighted by Gasteiger charge is -2.31. The van der Waals surface area contributed by atoms with Crippen LogP contribution >= 0.6 is 0 Å². The summed E-state index contributed by atoms with van der Waals surface area (Å²) < 4.78 is 44.1. The number of carbonyl (C=O) groups excluding carboxylic acids is 4. The van der Waals surface area contributed by atoms with E-state index in [2.05, 4.69) is 33.7 Å². The van der Waals surface area contributed by atoms with Gasteiger partial charge >= 0.3 is 10.2 Å². The van der Waals surface area contributed by atoms with Gasteiger partial charge in [-0.1, -0.05) is 6.07 Å². The van der Waals surface area contributed by atoms with Crippen LogP contribution in [0.1, 0.15) is 48.9 Å². The minimum atomic E-state index is -4.33. The van der Waals surface area contributed by atoms with Crippen molar-refractivity contribution in [3.05, 3.63) is 65.6 Å². The molecular weight excluding hydrogens is 643 g/mol. The molecule has 4 aromatic rings. The fourth-order valence-corrected chi connectivity index (χ4v) is 8.28. The maximum Gasteiger partial charge on any atom is 0.326 e. The van der Waals surface area contributed by atoms with E-state index in [4.69, 9.17) is 0 Å². The van der Waals surface area contributed by atoms with Gasteiger partial charge in [0, 0.05) is 34.1 Å². The zero-order valence-corrected chi connectivity index (χ0v) is 26.8. The number of imide groups is 1. The number of likely N-dealkylation sites (tertiary alicyclic amines) is 1. The van der Waals surface area contributed by atoms with Gasteiger partial charge in [0.25, 0.3) is 5.91 Å². The van der Waals surface area contributed by atoms with Gasteiger partial charge in [-0.05, 0) is 98.6 Å². The van der Waals surface area contributed by atoms with Crippen molar-refractivity contribution >= 4 is 66.9 Å². The Labute approximate surface area is 274 Å². The molecule has 4 amide bonds. The maximum atomic E-state index is 15.4. The van der Waals surface area contributed by atoms with Crippen LogP contribution in [0, 0.1) is 12.7 Å². The van der Waals surface area contributed by atoms with Crippen LogP contribution in [0.5, 0.6) is 5.75 Å². The molecule has 1 aromatic heterocycles. The van der Waals surface area contributed by atoms with Crippen molar-refractivity contribution in [3.8, 4) is 5.75 Å². The number of aromatic hydroxyl groups is 1. The molecule has 0 spiro atoms. The number of amides is 4. The van der Waals surface area contributed by atoms with E-state index in [1.807, 2.05) is 17.6 Å². The van der Waals surface area contributed by atoms with E-state index in [1.54, 1.807) is 4.72 Å². The van der Waals surface area contributed by atoms with Gasteiger partial charge in [-0.25, -0.2) is 13.4 Å². The first-order chi connectivity index (χ1) is 22.9. The number of aromatic nitrogens is 1. The Balaban J connectivity index is 0.980. The van der Waals surface area contributed by atoms with E-state index in [1.165, 1.54) is 29.8 Å². The molecular formula is C33H33FN6O7S. The molecule has 0 radical (unpaired) electrons. The average molecular weight is 677 g/mol. The highest BCUT2D eigenvalue weighted by Crippen LogP contribution is 2.39. The van der Waals surface area contributed by atoms with E-state index in [0.29, 0.717) is 41.8 Å². The van der Waals surface area contributed by atoms with Crippen LogP contribution in [0.3, 0.4) is 0 Å². The minimum absolute atomic E-state index is 0.0123. The third kappa shape index (κ3) is 5.72. The summed E-state index contributed by atoms with van der Waals surface area (Å²) in [6.07, 6.45) is 2.50. The molecule has 3 fully saturated rings. The number of aryl methyl sites for hydroxylation is 1. The topological polar surface area (TPSA) is 170 Å². The molecule has 4 heterocycles. The van der Waals surface area contributed by atoms with Gasteiger partial charge in [0.2, 0.25) is 17.7 Å². The van der Waals surface area contributed by atoms with Gasteiger partial charge in [0.1, 0.15) is 24.0 Å². The standard InChI is InChI=1S/C33H33FN6O7S/c1-18-12-22-13-20(2-5-25(22)40(18)26-6-7-28(42)36-33(26)45)19-8-10-38(11-9-19)16-29(43)35-23-3-4-24-21(14-23)15-27(41)32(31(24)34)39-17-30(44)37-48(39,46)47/h2-5,12-15,19,26,41H,6-11,16-17H2,1H3,(H,35,43)(H,37,44)(H,36,42,45). The summed E-state index contributed by atoms with van der Waals surface area (Å²) in [6.45, 7) is 2.89. The van der Waals surface area contributed by atoms with E-state index in [9.17, 15) is 32.7 Å². The Bertz CT molecular complexity index is 2140. The smallest absolute Gasteiger partial charge is 0.326 e. The average Bonchev–Trinajstić information content (AvgIpc) is 3.49. The maximum absolute atomic E-state index is 15.4. The molecule has 3 aromatic carbocycles. The van der Waals surface area contributed by atoms with Crippen LogP contribution in [0.2, 0.25) is 0 Å². The molecule has 4 N–H and O–H groups in total. The zero-order valence-electron chi connectivity index (χ0n) is 26.0. The Hall–Kier alpha value is -5.02. The lowest BCUT2D eigenvalue weighted by atomic mass is 9.89. The summed E-state index contributed by atoms with van der Waals surface area (Å²) in [5.74, 6) is -2.97. The monoisotopic (exact) mass is 676 g/mol. The third-order valence-electron chi connectivity index (χ3n) is 9.39. The van der Waals surface area contributed by atoms with E-state index >= 15 is 4.39 Å². The van der Waals surface area contributed by atoms with Crippen molar-refractivity contribution in [1.82, 2.24) is 19.5 Å². The predicted molar refractivity (Wildman–Crippen MR) is 175 cm³/mol. The molecule has 3 aliphatic rings. The Morgan fingerprint density at radius 1 is 1.00 bits per heavy atom. The molecule has 3 saturated heterocycles. The first-order valence-electron chi connectivity index (χ1n) is 15.6. The van der Waals surface area contributed by atoms with Crippen LogP contribution in [0.4, 0.5) is 15.8 Å². The number of anilines is 2. The lowest BCUT2D eigenvalue weighted by molar-refractivity contribution is -0.135. The summed E-state index contributed by atoms with van der Waals surface area (Å²) in [5, 5.41) is 17.1. The van der Waals surface area contributed by atoms with Gasteiger partial charge in [-0.3, -0.25) is 29.4 Å². The molecule has 1 unspecified atom stereocenters. The van der Waals surface area contributed by atoms with Gasteiger partial charge < -0.3 is 15.0 Å². The fraction of sp³-hybridized carbons (Fsp3) is 0.333. The van der Waals surface area contributed by atoms with Crippen LogP contribution in [0.15, 0.2) is 48.5 Å². The molecule has 0 bridgehead atoms. The summed E-state index contributed by atoms with van der Waals surface area (Å²) in [5.41, 5.74) is 2.88. The van der Waals surface area contributed by atoms with Crippen LogP contribution < -0.4 is 19.7 Å². The molecule has 3 aliphatic heterocycles. The zero-order chi connectivity index (χ0) is 33.9. The second-order valence-corrected chi connectivity index (χ2v) is 14.2. The van der Waals surface area contributed by atoms with E-state index < -0.39 is 46.0 Å². The van der Waals surface area contributed by atoms with E-state index in [-0.39, 0.29) is 35.0 Å². The Morgan fingerprint density at radius 3 is 2.48 bits per heavy atom. The van der Waals surface area contributed by atoms with Crippen molar-refractivity contribution in [2.24, 2.45) is 0 Å². The van der Waals surface area contributed by atoms with Gasteiger partial charge in [-0.2, -0.15) is 8.42 Å². The number of phenols is 1. The van der Waals surface area contributed by atoms with Crippen molar-refractivity contribution in [1.29, 1.82) is 0 Å². The van der Waals surface area contributed by atoms with Crippen molar-refractivity contribution in [3.63, 3.8) is 0 Å². The molecule has 1 atom stereocenters. The first kappa shape index (κ1) is 31.6. The number of hydrogen-bond acceptors (Lipinski definition) is 8. The largest absolute Gasteiger partial charge is 0.506 e. The molecule has 250 valence electrons. The van der Waals surface area contributed by atoms with Crippen molar-refractivity contribution in [2.45, 2.75) is 44.6 Å². The predicted octanol–water partition coefficient (Wildman–Crippen LogP) is 2.92. The minimum Gasteiger partial charge on any atom is -0.506 e. The number of rotatable bonds is 6. The quantitative estimate of drug-likeness (QED) is 0.226. The summed E-state index contributed by atoms with van der Waals surface area (Å²) in [4.78, 5) is 50.8. The normalized spacial score (nSPS) is 20.3. The number of hydrogen-bond donors (Lipinski definition) is 4. The number of phenolic OH excluding ortho intramolecular Hbond substituents is 1. The number of nitrogens with one attached hydrogen (secondary N) is 3. The highest BCUT2D eigenvalue weighted by atomic mass is 32.2. The van der Waals surface area contributed by atoms with Gasteiger partial charge in [0.05, 0.1) is 6.54 Å². The highest BCUT2D eigenvalue weighted by molar-refractivity contribution is 7.92. The molecule has 48 heavy (non-hydrogen) atoms. The SMILES string of the molecule is Cc1cc2cc(C3CCN(CC(=O)Nc4ccc5c(F)c(N6CC(=O)NS6(=O)=O)c(O)cc5c4)CC3)ccc2n1C1CCC(=O)NC1=O. The van der Waals surface area contributed by atoms with Crippen molar-refractivity contribution in [2.75, 3.05) is 35.8 Å². The second-order valence-electron chi connectivity index (χ2n) is 12.6. The fourth-order valence-electron chi connectivity index (χ4n) is 7.12. The Morgan fingerprint density at radius 2 is 1.77 bits per heavy atom. The lowest BCUT2D eigenvalue weighted by Crippen LogP contribution is -2.41. The van der Waals surface area contributed by atoms with Crippen molar-refractivity contribution < 1.29 is 37.1 Å². The molecule has 13 nitrogen and oxygen atoms in total. The molecule has 0 saturated carbocycles. The third-order valence-corrected chi connectivity index (χ3v) is 10.8. The number of nitrogens with zero attached hydrogens (tertiary/aromatic N) is 3. The number of carbonyl (C=O) groups is 4. The van der Waals surface area contributed by atoms with E-state index in [0.717, 1.165) is 29.4 Å². The van der Waals surface area contributed by atoms with Gasteiger partial charge in [-0.15, -0.1) is 0 Å². The summed E-state index contributed by atoms with van der Waals surface area (Å²) in [7, 11) is -4.33. The van der Waals surface area contributed by atoms with Crippen LogP contribution in [0.25, 0.3) is 21.7 Å². The summed E-state index contributed by atoms with van der Waals surface area (Å²) >= 11 is 0. The summed E-state index contributed by atoms with van der Waals surface area (Å²) in [6, 6.07) is 13.5. The van der Waals surface area contributed by atoms with Crippen LogP contribution in [-0.2, 0) is 29.4 Å². The number of benzene rings is 3. The number of fused-ring (bicyclic) bond motifs is 2. The number of halogens is 1. The molecule has 0 aliphatic carbocycles. The molecule has 7 rings (SSSR count). The molecule has 15 heteroatoms. The highest BCUT2D eigenvalue weighted by Gasteiger charge is 2.38. The number of piperidine rings is 2. The Kier molecular flexibility index (Phi) is 7.83.